The van der Waals surface area contributed by atoms with Crippen LogP contribution in [0.2, 0.25) is 0 Å². The number of nitrogens with zero attached hydrogens (tertiary/aromatic N) is 1. The molecule has 0 aromatic heterocycles. The van der Waals surface area contributed by atoms with Gasteiger partial charge in [0.05, 0.1) is 5.56 Å². The van der Waals surface area contributed by atoms with E-state index in [0.29, 0.717) is 6.54 Å². The zero-order valence-electron chi connectivity index (χ0n) is 9.95. The van der Waals surface area contributed by atoms with E-state index in [-0.39, 0.29) is 24.0 Å². The van der Waals surface area contributed by atoms with Crippen molar-refractivity contribution in [2.24, 2.45) is 0 Å². The predicted octanol–water partition coefficient (Wildman–Crippen LogP) is 1.82. The molecule has 3 nitrogen and oxygen atoms in total. The quantitative estimate of drug-likeness (QED) is 0.894. The summed E-state index contributed by atoms with van der Waals surface area (Å²) < 4.78 is 26.5. The summed E-state index contributed by atoms with van der Waals surface area (Å²) in [5.74, 6) is -2.54. The molecule has 0 saturated carbocycles. The molecule has 1 N–H and O–H groups in total. The van der Waals surface area contributed by atoms with Crippen LogP contribution in [0.25, 0.3) is 0 Å². The molecule has 0 aliphatic carbocycles. The fourth-order valence-electron chi connectivity index (χ4n) is 1.99. The molecule has 1 aliphatic heterocycles. The van der Waals surface area contributed by atoms with Crippen molar-refractivity contribution in [2.75, 3.05) is 20.1 Å². The van der Waals surface area contributed by atoms with Crippen molar-refractivity contribution in [1.29, 1.82) is 0 Å². The Balaban J connectivity index is 0.00000162. The SMILES string of the molecule is CN(C(=O)c1cccc(F)c1F)[C@@H]1CCNC1.Cl. The lowest BCUT2D eigenvalue weighted by molar-refractivity contribution is 0.0738. The van der Waals surface area contributed by atoms with Crippen LogP contribution in [0.5, 0.6) is 0 Å². The number of amides is 1. The summed E-state index contributed by atoms with van der Waals surface area (Å²) in [5, 5.41) is 3.12. The molecule has 2 rings (SSSR count). The van der Waals surface area contributed by atoms with Crippen LogP contribution in [0.1, 0.15) is 16.8 Å². The highest BCUT2D eigenvalue weighted by Gasteiger charge is 2.26. The van der Waals surface area contributed by atoms with Crippen LogP contribution in [0.3, 0.4) is 0 Å². The van der Waals surface area contributed by atoms with Crippen LogP contribution in [0.15, 0.2) is 18.2 Å². The topological polar surface area (TPSA) is 32.3 Å². The Morgan fingerprint density at radius 3 is 2.78 bits per heavy atom. The zero-order valence-corrected chi connectivity index (χ0v) is 10.8. The Morgan fingerprint density at radius 1 is 1.44 bits per heavy atom. The number of hydrogen-bond donors (Lipinski definition) is 1. The van der Waals surface area contributed by atoms with E-state index in [1.165, 1.54) is 17.0 Å². The van der Waals surface area contributed by atoms with Crippen molar-refractivity contribution in [1.82, 2.24) is 10.2 Å². The molecular weight excluding hydrogens is 262 g/mol. The fourth-order valence-corrected chi connectivity index (χ4v) is 1.99. The second kappa shape index (κ2) is 6.11. The maximum absolute atomic E-state index is 13.5. The minimum Gasteiger partial charge on any atom is -0.337 e. The van der Waals surface area contributed by atoms with E-state index in [9.17, 15) is 13.6 Å². The minimum atomic E-state index is -1.07. The first-order chi connectivity index (χ1) is 8.11. The standard InChI is InChI=1S/C12H14F2N2O.ClH/c1-16(8-5-6-15-7-8)12(17)9-3-2-4-10(13)11(9)14;/h2-4,8,15H,5-7H2,1H3;1H/t8-;/m1./s1. The Hall–Kier alpha value is -1.20. The highest BCUT2D eigenvalue weighted by Crippen LogP contribution is 2.16. The second-order valence-corrected chi connectivity index (χ2v) is 4.16. The molecule has 1 atom stereocenters. The molecule has 18 heavy (non-hydrogen) atoms. The molecule has 0 radical (unpaired) electrons. The van der Waals surface area contributed by atoms with Gasteiger partial charge >= 0.3 is 0 Å². The maximum Gasteiger partial charge on any atom is 0.256 e. The summed E-state index contributed by atoms with van der Waals surface area (Å²) in [5.41, 5.74) is -0.209. The van der Waals surface area contributed by atoms with E-state index >= 15 is 0 Å². The molecule has 1 fully saturated rings. The van der Waals surface area contributed by atoms with Gasteiger partial charge in [0.1, 0.15) is 0 Å². The molecule has 0 spiro atoms. The fraction of sp³-hybridized carbons (Fsp3) is 0.417. The van der Waals surface area contributed by atoms with E-state index in [1.54, 1.807) is 7.05 Å². The summed E-state index contributed by atoms with van der Waals surface area (Å²) in [6.45, 7) is 1.53. The maximum atomic E-state index is 13.5. The van der Waals surface area contributed by atoms with E-state index in [2.05, 4.69) is 5.32 Å². The van der Waals surface area contributed by atoms with E-state index in [4.69, 9.17) is 0 Å². The van der Waals surface area contributed by atoms with Gasteiger partial charge in [0.2, 0.25) is 0 Å². The molecule has 1 heterocycles. The minimum absolute atomic E-state index is 0. The monoisotopic (exact) mass is 276 g/mol. The average Bonchev–Trinajstić information content (AvgIpc) is 2.84. The van der Waals surface area contributed by atoms with Gasteiger partial charge in [-0.25, -0.2) is 8.78 Å². The first-order valence-electron chi connectivity index (χ1n) is 5.53. The van der Waals surface area contributed by atoms with Crippen molar-refractivity contribution in [2.45, 2.75) is 12.5 Å². The van der Waals surface area contributed by atoms with Gasteiger partial charge in [0.15, 0.2) is 11.6 Å². The third-order valence-electron chi connectivity index (χ3n) is 3.08. The highest BCUT2D eigenvalue weighted by molar-refractivity contribution is 5.94. The molecule has 0 bridgehead atoms. The summed E-state index contributed by atoms with van der Waals surface area (Å²) in [6.07, 6.45) is 0.833. The van der Waals surface area contributed by atoms with Crippen molar-refractivity contribution in [3.63, 3.8) is 0 Å². The second-order valence-electron chi connectivity index (χ2n) is 4.16. The highest BCUT2D eigenvalue weighted by atomic mass is 35.5. The van der Waals surface area contributed by atoms with Gasteiger partial charge in [0.25, 0.3) is 5.91 Å². The number of likely N-dealkylation sites (N-methyl/N-ethyl adjacent to an activating group) is 1. The molecule has 1 amide bonds. The first kappa shape index (κ1) is 14.9. The van der Waals surface area contributed by atoms with Crippen LogP contribution >= 0.6 is 12.4 Å². The number of hydrogen-bond acceptors (Lipinski definition) is 2. The zero-order chi connectivity index (χ0) is 12.4. The van der Waals surface area contributed by atoms with Crippen molar-refractivity contribution in [3.05, 3.63) is 35.4 Å². The van der Waals surface area contributed by atoms with Gasteiger partial charge in [-0.05, 0) is 25.1 Å². The number of benzene rings is 1. The lowest BCUT2D eigenvalue weighted by Gasteiger charge is -2.24. The van der Waals surface area contributed by atoms with E-state index in [0.717, 1.165) is 19.0 Å². The van der Waals surface area contributed by atoms with Gasteiger partial charge in [-0.3, -0.25) is 4.79 Å². The van der Waals surface area contributed by atoms with Crippen molar-refractivity contribution >= 4 is 18.3 Å². The molecule has 1 aliphatic rings. The molecule has 6 heteroatoms. The van der Waals surface area contributed by atoms with E-state index in [1.807, 2.05) is 0 Å². The lowest BCUT2D eigenvalue weighted by Crippen LogP contribution is -2.38. The van der Waals surface area contributed by atoms with Gasteiger partial charge in [-0.2, -0.15) is 0 Å². The van der Waals surface area contributed by atoms with Gasteiger partial charge in [-0.15, -0.1) is 12.4 Å². The van der Waals surface area contributed by atoms with E-state index < -0.39 is 17.5 Å². The number of rotatable bonds is 2. The van der Waals surface area contributed by atoms with Gasteiger partial charge in [-0.1, -0.05) is 6.07 Å². The molecule has 100 valence electrons. The number of carbonyl (C=O) groups is 1. The summed E-state index contributed by atoms with van der Waals surface area (Å²) in [4.78, 5) is 13.5. The van der Waals surface area contributed by atoms with Crippen LogP contribution in [-0.4, -0.2) is 37.0 Å². The first-order valence-corrected chi connectivity index (χ1v) is 5.53. The smallest absolute Gasteiger partial charge is 0.256 e. The Kier molecular flexibility index (Phi) is 5.04. The Morgan fingerprint density at radius 2 is 2.17 bits per heavy atom. The summed E-state index contributed by atoms with van der Waals surface area (Å²) >= 11 is 0. The largest absolute Gasteiger partial charge is 0.337 e. The third kappa shape index (κ3) is 2.79. The number of carbonyl (C=O) groups excluding carboxylic acids is 1. The van der Waals surface area contributed by atoms with Crippen LogP contribution < -0.4 is 5.32 Å². The summed E-state index contributed by atoms with van der Waals surface area (Å²) in [6, 6.07) is 3.69. The van der Waals surface area contributed by atoms with Crippen LogP contribution in [0.4, 0.5) is 8.78 Å². The number of nitrogens with one attached hydrogen (secondary N) is 1. The Labute approximate surface area is 111 Å². The Bertz CT molecular complexity index is 436. The normalized spacial score (nSPS) is 18.3. The van der Waals surface area contributed by atoms with Crippen molar-refractivity contribution < 1.29 is 13.6 Å². The summed E-state index contributed by atoms with van der Waals surface area (Å²) in [7, 11) is 1.62. The molecule has 0 unspecified atom stereocenters. The predicted molar refractivity (Wildman–Crippen MR) is 67.0 cm³/mol. The molecule has 1 aromatic carbocycles. The molecule has 1 saturated heterocycles. The van der Waals surface area contributed by atoms with Crippen LogP contribution in [-0.2, 0) is 0 Å². The third-order valence-corrected chi connectivity index (χ3v) is 3.08. The van der Waals surface area contributed by atoms with Gasteiger partial charge < -0.3 is 10.2 Å². The lowest BCUT2D eigenvalue weighted by atomic mass is 10.1. The average molecular weight is 277 g/mol. The molecular formula is C12H15ClF2N2O. The molecule has 1 aromatic rings. The number of halogens is 3. The van der Waals surface area contributed by atoms with Crippen molar-refractivity contribution in [3.8, 4) is 0 Å². The van der Waals surface area contributed by atoms with Crippen LogP contribution in [0, 0.1) is 11.6 Å². The van der Waals surface area contributed by atoms with Gasteiger partial charge in [0, 0.05) is 19.6 Å².